The van der Waals surface area contributed by atoms with Crippen LogP contribution < -0.4 is 19.6 Å². The first-order chi connectivity index (χ1) is 15.4. The average Bonchev–Trinajstić information content (AvgIpc) is 2.79. The Hall–Kier alpha value is -4.13. The number of aryl methyl sites for hydroxylation is 2. The van der Waals surface area contributed by atoms with Gasteiger partial charge in [-0.3, -0.25) is 4.79 Å². The van der Waals surface area contributed by atoms with Gasteiger partial charge in [-0.05, 0) is 79.6 Å². The van der Waals surface area contributed by atoms with Gasteiger partial charge in [0.05, 0.1) is 18.9 Å². The Morgan fingerprint density at radius 1 is 0.938 bits per heavy atom. The number of nitrogens with zero attached hydrogens (tertiary/aromatic N) is 1. The predicted octanol–water partition coefficient (Wildman–Crippen LogP) is 4.06. The zero-order valence-electron chi connectivity index (χ0n) is 18.1. The van der Waals surface area contributed by atoms with Gasteiger partial charge in [-0.25, -0.2) is 10.2 Å². The summed E-state index contributed by atoms with van der Waals surface area (Å²) in [6.07, 6.45) is 1.49. The first-order valence-electron chi connectivity index (χ1n) is 9.93. The van der Waals surface area contributed by atoms with Gasteiger partial charge in [0.15, 0.2) is 6.61 Å². The normalized spacial score (nSPS) is 10.6. The van der Waals surface area contributed by atoms with E-state index < -0.39 is 5.97 Å². The third-order valence-corrected chi connectivity index (χ3v) is 4.51. The third-order valence-electron chi connectivity index (χ3n) is 4.51. The maximum absolute atomic E-state index is 12.2. The van der Waals surface area contributed by atoms with E-state index in [0.717, 1.165) is 16.7 Å². The smallest absolute Gasteiger partial charge is 0.343 e. The highest BCUT2D eigenvalue weighted by Gasteiger charge is 2.09. The molecule has 0 aliphatic rings. The van der Waals surface area contributed by atoms with Crippen LogP contribution in [0.4, 0.5) is 0 Å². The lowest BCUT2D eigenvalue weighted by atomic mass is 10.1. The van der Waals surface area contributed by atoms with Crippen molar-refractivity contribution in [3.05, 3.63) is 89.0 Å². The number of nitrogens with one attached hydrogen (secondary N) is 1. The summed E-state index contributed by atoms with van der Waals surface area (Å²) < 4.78 is 15.9. The van der Waals surface area contributed by atoms with Crippen molar-refractivity contribution in [1.29, 1.82) is 0 Å². The number of methoxy groups -OCH3 is 1. The molecule has 7 nitrogen and oxygen atoms in total. The fourth-order valence-electron chi connectivity index (χ4n) is 2.83. The van der Waals surface area contributed by atoms with Gasteiger partial charge in [0.2, 0.25) is 0 Å². The molecule has 1 amide bonds. The molecule has 7 heteroatoms. The third kappa shape index (κ3) is 6.43. The van der Waals surface area contributed by atoms with Crippen molar-refractivity contribution >= 4 is 18.1 Å². The standard InChI is InChI=1S/C25H24N2O5/c1-17-4-13-23(18(2)14-17)31-16-24(28)27-26-15-19-5-9-22(10-6-19)32-25(29)20-7-11-21(30-3)12-8-20/h4-15H,16H2,1-3H3,(H,27,28)/b26-15+. The van der Waals surface area contributed by atoms with Crippen molar-refractivity contribution in [3.8, 4) is 17.2 Å². The summed E-state index contributed by atoms with van der Waals surface area (Å²) in [5.41, 5.74) is 5.66. The largest absolute Gasteiger partial charge is 0.497 e. The minimum Gasteiger partial charge on any atom is -0.497 e. The van der Waals surface area contributed by atoms with Gasteiger partial charge in [-0.2, -0.15) is 5.10 Å². The van der Waals surface area contributed by atoms with Crippen LogP contribution in [0.3, 0.4) is 0 Å². The van der Waals surface area contributed by atoms with E-state index in [1.165, 1.54) is 6.21 Å². The molecular weight excluding hydrogens is 408 g/mol. The van der Waals surface area contributed by atoms with E-state index in [-0.39, 0.29) is 12.5 Å². The minimum absolute atomic E-state index is 0.137. The first kappa shape index (κ1) is 22.6. The summed E-state index contributed by atoms with van der Waals surface area (Å²) in [6.45, 7) is 3.79. The molecule has 0 saturated heterocycles. The molecule has 0 spiro atoms. The van der Waals surface area contributed by atoms with Gasteiger partial charge in [0.25, 0.3) is 5.91 Å². The molecule has 3 aromatic rings. The second-order valence-electron chi connectivity index (χ2n) is 7.04. The molecule has 0 bridgehead atoms. The zero-order valence-corrected chi connectivity index (χ0v) is 18.1. The lowest BCUT2D eigenvalue weighted by Gasteiger charge is -2.08. The van der Waals surface area contributed by atoms with Crippen molar-refractivity contribution in [2.24, 2.45) is 5.10 Å². The molecule has 0 atom stereocenters. The van der Waals surface area contributed by atoms with Crippen molar-refractivity contribution in [1.82, 2.24) is 5.43 Å². The van der Waals surface area contributed by atoms with Crippen molar-refractivity contribution in [3.63, 3.8) is 0 Å². The number of amides is 1. The van der Waals surface area contributed by atoms with Crippen LogP contribution in [0.15, 0.2) is 71.8 Å². The van der Waals surface area contributed by atoms with Crippen molar-refractivity contribution < 1.29 is 23.8 Å². The van der Waals surface area contributed by atoms with Crippen LogP contribution in [0.1, 0.15) is 27.0 Å². The highest BCUT2D eigenvalue weighted by atomic mass is 16.5. The van der Waals surface area contributed by atoms with E-state index in [2.05, 4.69) is 10.5 Å². The molecule has 0 aromatic heterocycles. The fraction of sp³-hybridized carbons (Fsp3) is 0.160. The number of carbonyl (C=O) groups is 2. The number of esters is 1. The number of hydrogen-bond donors (Lipinski definition) is 1. The Balaban J connectivity index is 1.47. The molecule has 0 aliphatic carbocycles. The Labute approximate surface area is 186 Å². The fourth-order valence-corrected chi connectivity index (χ4v) is 2.83. The summed E-state index contributed by atoms with van der Waals surface area (Å²) in [7, 11) is 1.56. The molecule has 1 N–H and O–H groups in total. The van der Waals surface area contributed by atoms with Crippen molar-refractivity contribution in [2.45, 2.75) is 13.8 Å². The molecule has 0 aliphatic heterocycles. The molecular formula is C25H24N2O5. The number of rotatable bonds is 8. The van der Waals surface area contributed by atoms with E-state index in [1.807, 2.05) is 32.0 Å². The maximum Gasteiger partial charge on any atom is 0.343 e. The highest BCUT2D eigenvalue weighted by Crippen LogP contribution is 2.18. The Morgan fingerprint density at radius 2 is 1.62 bits per heavy atom. The van der Waals surface area contributed by atoms with Gasteiger partial charge >= 0.3 is 5.97 Å². The van der Waals surface area contributed by atoms with Crippen LogP contribution in [-0.4, -0.2) is 31.8 Å². The van der Waals surface area contributed by atoms with E-state index in [4.69, 9.17) is 14.2 Å². The van der Waals surface area contributed by atoms with Crippen LogP contribution in [0.2, 0.25) is 0 Å². The Kier molecular flexibility index (Phi) is 7.59. The Bertz CT molecular complexity index is 1110. The van der Waals surface area contributed by atoms with Gasteiger partial charge in [-0.1, -0.05) is 17.7 Å². The van der Waals surface area contributed by atoms with Crippen LogP contribution in [0.5, 0.6) is 17.2 Å². The topological polar surface area (TPSA) is 86.2 Å². The molecule has 0 fully saturated rings. The Morgan fingerprint density at radius 3 is 2.28 bits per heavy atom. The van der Waals surface area contributed by atoms with Gasteiger partial charge in [-0.15, -0.1) is 0 Å². The number of carbonyl (C=O) groups excluding carboxylic acids is 2. The molecule has 0 unspecified atom stereocenters. The SMILES string of the molecule is COc1ccc(C(=O)Oc2ccc(/C=N/NC(=O)COc3ccc(C)cc3C)cc2)cc1. The van der Waals surface area contributed by atoms with Crippen LogP contribution in [-0.2, 0) is 4.79 Å². The van der Waals surface area contributed by atoms with E-state index >= 15 is 0 Å². The van der Waals surface area contributed by atoms with Crippen molar-refractivity contribution in [2.75, 3.05) is 13.7 Å². The second kappa shape index (κ2) is 10.8. The first-order valence-corrected chi connectivity index (χ1v) is 9.93. The summed E-state index contributed by atoms with van der Waals surface area (Å²) >= 11 is 0. The summed E-state index contributed by atoms with van der Waals surface area (Å²) in [5.74, 6) is 0.883. The number of hydrazone groups is 1. The highest BCUT2D eigenvalue weighted by molar-refractivity contribution is 5.91. The van der Waals surface area contributed by atoms with Gasteiger partial charge < -0.3 is 14.2 Å². The van der Waals surface area contributed by atoms with Crippen LogP contribution in [0, 0.1) is 13.8 Å². The van der Waals surface area contributed by atoms with E-state index in [0.29, 0.717) is 22.8 Å². The molecule has 32 heavy (non-hydrogen) atoms. The molecule has 3 aromatic carbocycles. The second-order valence-corrected chi connectivity index (χ2v) is 7.04. The quantitative estimate of drug-likeness (QED) is 0.251. The van der Waals surface area contributed by atoms with Gasteiger partial charge in [0, 0.05) is 0 Å². The number of hydrogen-bond acceptors (Lipinski definition) is 6. The lowest BCUT2D eigenvalue weighted by molar-refractivity contribution is -0.123. The zero-order chi connectivity index (χ0) is 22.9. The predicted molar refractivity (Wildman–Crippen MR) is 122 cm³/mol. The maximum atomic E-state index is 12.2. The molecule has 0 heterocycles. The molecule has 164 valence electrons. The minimum atomic E-state index is -0.467. The summed E-state index contributed by atoms with van der Waals surface area (Å²) in [6, 6.07) is 19.1. The van der Waals surface area contributed by atoms with Crippen LogP contribution >= 0.6 is 0 Å². The molecule has 0 saturated carbocycles. The molecule has 3 rings (SSSR count). The summed E-state index contributed by atoms with van der Waals surface area (Å²) in [5, 5.41) is 3.92. The summed E-state index contributed by atoms with van der Waals surface area (Å²) in [4.78, 5) is 24.1. The van der Waals surface area contributed by atoms with Gasteiger partial charge in [0.1, 0.15) is 17.2 Å². The molecule has 0 radical (unpaired) electrons. The van der Waals surface area contributed by atoms with Crippen LogP contribution in [0.25, 0.3) is 0 Å². The van der Waals surface area contributed by atoms with E-state index in [1.54, 1.807) is 55.6 Å². The number of ether oxygens (including phenoxy) is 3. The number of benzene rings is 3. The van der Waals surface area contributed by atoms with E-state index in [9.17, 15) is 9.59 Å². The average molecular weight is 432 g/mol. The monoisotopic (exact) mass is 432 g/mol. The lowest BCUT2D eigenvalue weighted by Crippen LogP contribution is -2.24.